The largest absolute Gasteiger partial charge is 0.497 e. The molecule has 3 unspecified atom stereocenters. The highest BCUT2D eigenvalue weighted by Crippen LogP contribution is 2.54. The van der Waals surface area contributed by atoms with Gasteiger partial charge in [0.1, 0.15) is 5.75 Å². The average molecular weight is 342 g/mol. The SMILES string of the molecule is COc1ccc(P2(=O)OCCCC(C)N2C(C)C(=O)NO)cc1. The first-order valence-electron chi connectivity index (χ1n) is 7.56. The maximum Gasteiger partial charge on any atom is 0.303 e. The number of amides is 1. The van der Waals surface area contributed by atoms with Gasteiger partial charge in [0, 0.05) is 6.04 Å². The van der Waals surface area contributed by atoms with E-state index in [2.05, 4.69) is 0 Å². The molecule has 3 atom stereocenters. The molecule has 2 N–H and O–H groups in total. The van der Waals surface area contributed by atoms with Gasteiger partial charge in [0.15, 0.2) is 0 Å². The van der Waals surface area contributed by atoms with Crippen LogP contribution in [0.1, 0.15) is 26.7 Å². The zero-order chi connectivity index (χ0) is 17.0. The fourth-order valence-corrected chi connectivity index (χ4v) is 5.47. The molecular weight excluding hydrogens is 319 g/mol. The first-order chi connectivity index (χ1) is 10.9. The third kappa shape index (κ3) is 3.58. The van der Waals surface area contributed by atoms with E-state index >= 15 is 0 Å². The normalized spacial score (nSPS) is 27.0. The number of carbonyl (C=O) groups is 1. The van der Waals surface area contributed by atoms with Gasteiger partial charge in [-0.25, -0.2) is 10.2 Å². The quantitative estimate of drug-likeness (QED) is 0.494. The Balaban J connectivity index is 2.46. The number of nitrogens with one attached hydrogen (secondary N) is 1. The molecule has 8 heteroatoms. The number of carbonyl (C=O) groups excluding carboxylic acids is 1. The van der Waals surface area contributed by atoms with Crippen molar-refractivity contribution in [2.75, 3.05) is 13.7 Å². The molecule has 0 aliphatic carbocycles. The summed E-state index contributed by atoms with van der Waals surface area (Å²) >= 11 is 0. The van der Waals surface area contributed by atoms with E-state index in [1.807, 2.05) is 6.92 Å². The van der Waals surface area contributed by atoms with Crippen LogP contribution in [0.25, 0.3) is 0 Å². The standard InChI is InChI=1S/C15H23N2O5P/c1-11-5-4-10-22-23(20,17(11)12(2)15(18)16-19)14-8-6-13(21-3)7-9-14/h6-9,11-12,19H,4-5,10H2,1-3H3,(H,16,18). The molecule has 1 heterocycles. The average Bonchev–Trinajstić information content (AvgIpc) is 2.72. The summed E-state index contributed by atoms with van der Waals surface area (Å²) in [5.41, 5.74) is 1.63. The number of rotatable bonds is 4. The monoisotopic (exact) mass is 342 g/mol. The Hall–Kier alpha value is -1.40. The molecule has 1 aliphatic heterocycles. The summed E-state index contributed by atoms with van der Waals surface area (Å²) in [6, 6.07) is 5.88. The smallest absolute Gasteiger partial charge is 0.303 e. The number of nitrogens with zero attached hydrogens (tertiary/aromatic N) is 1. The van der Waals surface area contributed by atoms with Crippen molar-refractivity contribution in [3.05, 3.63) is 24.3 Å². The van der Waals surface area contributed by atoms with Crippen molar-refractivity contribution >= 4 is 18.7 Å². The molecule has 1 saturated heterocycles. The van der Waals surface area contributed by atoms with Crippen molar-refractivity contribution in [3.63, 3.8) is 0 Å². The van der Waals surface area contributed by atoms with Crippen molar-refractivity contribution in [2.24, 2.45) is 0 Å². The third-order valence-corrected chi connectivity index (χ3v) is 6.91. The molecule has 0 spiro atoms. The molecule has 1 aliphatic rings. The van der Waals surface area contributed by atoms with Crippen LogP contribution in [0.15, 0.2) is 24.3 Å². The maximum absolute atomic E-state index is 13.7. The van der Waals surface area contributed by atoms with Crippen LogP contribution < -0.4 is 15.5 Å². The van der Waals surface area contributed by atoms with Crippen molar-refractivity contribution in [3.8, 4) is 5.75 Å². The molecule has 0 radical (unpaired) electrons. The minimum absolute atomic E-state index is 0.127. The van der Waals surface area contributed by atoms with Crippen molar-refractivity contribution in [2.45, 2.75) is 38.8 Å². The van der Waals surface area contributed by atoms with E-state index in [0.717, 1.165) is 12.8 Å². The molecule has 1 amide bonds. The third-order valence-electron chi connectivity index (χ3n) is 4.07. The molecule has 7 nitrogen and oxygen atoms in total. The number of hydrogen-bond acceptors (Lipinski definition) is 5. The van der Waals surface area contributed by atoms with Gasteiger partial charge in [-0.15, -0.1) is 0 Å². The lowest BCUT2D eigenvalue weighted by atomic mass is 10.1. The number of hydrogen-bond donors (Lipinski definition) is 2. The van der Waals surface area contributed by atoms with Gasteiger partial charge in [-0.05, 0) is 51.0 Å². The van der Waals surface area contributed by atoms with Crippen LogP contribution in [-0.2, 0) is 13.9 Å². The van der Waals surface area contributed by atoms with Crippen LogP contribution in [0.5, 0.6) is 5.75 Å². The second-order valence-corrected chi connectivity index (χ2v) is 7.85. The second kappa shape index (κ2) is 7.45. The van der Waals surface area contributed by atoms with Gasteiger partial charge in [0.25, 0.3) is 5.91 Å². The lowest BCUT2D eigenvalue weighted by molar-refractivity contribution is -0.133. The Labute approximate surface area is 136 Å². The number of ether oxygens (including phenoxy) is 1. The van der Waals surface area contributed by atoms with Gasteiger partial charge in [0.2, 0.25) is 0 Å². The zero-order valence-corrected chi connectivity index (χ0v) is 14.5. The highest BCUT2D eigenvalue weighted by Gasteiger charge is 2.43. The number of hydroxylamine groups is 1. The highest BCUT2D eigenvalue weighted by atomic mass is 31.2. The fraction of sp³-hybridized carbons (Fsp3) is 0.533. The van der Waals surface area contributed by atoms with Gasteiger partial charge in [-0.2, -0.15) is 0 Å². The Kier molecular flexibility index (Phi) is 5.81. The van der Waals surface area contributed by atoms with Gasteiger partial charge in [-0.3, -0.25) is 14.6 Å². The summed E-state index contributed by atoms with van der Waals surface area (Å²) < 4.78 is 26.1. The summed E-state index contributed by atoms with van der Waals surface area (Å²) in [4.78, 5) is 11.9. The van der Waals surface area contributed by atoms with Crippen molar-refractivity contribution in [1.82, 2.24) is 10.2 Å². The van der Waals surface area contributed by atoms with E-state index in [1.54, 1.807) is 48.4 Å². The van der Waals surface area contributed by atoms with Crippen molar-refractivity contribution in [1.29, 1.82) is 0 Å². The van der Waals surface area contributed by atoms with E-state index in [-0.39, 0.29) is 6.04 Å². The minimum atomic E-state index is -3.42. The fourth-order valence-electron chi connectivity index (χ4n) is 2.83. The summed E-state index contributed by atoms with van der Waals surface area (Å²) in [7, 11) is -1.87. The Morgan fingerprint density at radius 1 is 1.48 bits per heavy atom. The highest BCUT2D eigenvalue weighted by molar-refractivity contribution is 7.64. The first kappa shape index (κ1) is 17.9. The van der Waals surface area contributed by atoms with E-state index in [0.29, 0.717) is 17.7 Å². The lowest BCUT2D eigenvalue weighted by Gasteiger charge is -2.36. The summed E-state index contributed by atoms with van der Waals surface area (Å²) in [6.07, 6.45) is 1.51. The van der Waals surface area contributed by atoms with Gasteiger partial charge in [0.05, 0.1) is 25.1 Å². The number of benzene rings is 1. The lowest BCUT2D eigenvalue weighted by Crippen LogP contribution is -2.47. The topological polar surface area (TPSA) is 88.1 Å². The predicted molar refractivity (Wildman–Crippen MR) is 86.1 cm³/mol. The van der Waals surface area contributed by atoms with Gasteiger partial charge in [-0.1, -0.05) is 0 Å². The minimum Gasteiger partial charge on any atom is -0.497 e. The second-order valence-electron chi connectivity index (χ2n) is 5.57. The Morgan fingerprint density at radius 2 is 2.13 bits per heavy atom. The predicted octanol–water partition coefficient (Wildman–Crippen LogP) is 1.91. The van der Waals surface area contributed by atoms with Crippen LogP contribution >= 0.6 is 7.52 Å². The molecule has 1 fully saturated rings. The van der Waals surface area contributed by atoms with Crippen LogP contribution in [0.2, 0.25) is 0 Å². The van der Waals surface area contributed by atoms with Crippen LogP contribution in [0, 0.1) is 0 Å². The van der Waals surface area contributed by atoms with E-state index in [9.17, 15) is 9.36 Å². The molecule has 23 heavy (non-hydrogen) atoms. The molecular formula is C15H23N2O5P. The molecule has 128 valence electrons. The maximum atomic E-state index is 13.7. The van der Waals surface area contributed by atoms with Crippen LogP contribution in [0.4, 0.5) is 0 Å². The molecule has 2 rings (SSSR count). The van der Waals surface area contributed by atoms with Crippen LogP contribution in [-0.4, -0.2) is 41.6 Å². The Bertz CT molecular complexity index is 592. The molecule has 0 aromatic heterocycles. The van der Waals surface area contributed by atoms with E-state index in [1.165, 1.54) is 0 Å². The Morgan fingerprint density at radius 3 is 2.70 bits per heavy atom. The summed E-state index contributed by atoms with van der Waals surface area (Å²) in [5.74, 6) is 0.0343. The van der Waals surface area contributed by atoms with E-state index in [4.69, 9.17) is 14.5 Å². The number of methoxy groups -OCH3 is 1. The molecule has 1 aromatic carbocycles. The molecule has 0 saturated carbocycles. The van der Waals surface area contributed by atoms with Crippen LogP contribution in [0.3, 0.4) is 0 Å². The van der Waals surface area contributed by atoms with Gasteiger partial charge < -0.3 is 9.26 Å². The van der Waals surface area contributed by atoms with Gasteiger partial charge >= 0.3 is 7.52 Å². The summed E-state index contributed by atoms with van der Waals surface area (Å²) in [6.45, 7) is 3.87. The summed E-state index contributed by atoms with van der Waals surface area (Å²) in [5, 5.41) is 9.43. The van der Waals surface area contributed by atoms with Crippen molar-refractivity contribution < 1.29 is 23.8 Å². The molecule has 1 aromatic rings. The zero-order valence-electron chi connectivity index (χ0n) is 13.6. The van der Waals surface area contributed by atoms with E-state index < -0.39 is 19.5 Å². The molecule has 0 bridgehead atoms. The first-order valence-corrected chi connectivity index (χ1v) is 9.13.